The molecule has 1 heterocycles. The maximum atomic E-state index is 13.0. The molecule has 150 valence electrons. The summed E-state index contributed by atoms with van der Waals surface area (Å²) in [5.41, 5.74) is 2.33. The van der Waals surface area contributed by atoms with Crippen LogP contribution in [0.1, 0.15) is 16.8 Å². The molecule has 29 heavy (non-hydrogen) atoms. The van der Waals surface area contributed by atoms with Crippen LogP contribution in [0.15, 0.2) is 65.6 Å². The Morgan fingerprint density at radius 1 is 1.17 bits per heavy atom. The summed E-state index contributed by atoms with van der Waals surface area (Å²) >= 11 is 0. The molecule has 1 aromatic heterocycles. The highest BCUT2D eigenvalue weighted by Crippen LogP contribution is 2.14. The third kappa shape index (κ3) is 5.30. The topological polar surface area (TPSA) is 80.6 Å². The van der Waals surface area contributed by atoms with E-state index in [1.54, 1.807) is 0 Å². The summed E-state index contributed by atoms with van der Waals surface area (Å²) in [5, 5.41) is 12.2. The average Bonchev–Trinajstić information content (AvgIpc) is 2.70. The molecule has 0 atom stereocenters. The molecule has 0 saturated heterocycles. The van der Waals surface area contributed by atoms with E-state index in [9.17, 15) is 19.1 Å². The van der Waals surface area contributed by atoms with Crippen molar-refractivity contribution in [2.45, 2.75) is 26.7 Å². The molecular weight excluding hydrogens is 375 g/mol. The van der Waals surface area contributed by atoms with Gasteiger partial charge >= 0.3 is 0 Å². The molecule has 2 aromatic carbocycles. The second kappa shape index (κ2) is 9.16. The van der Waals surface area contributed by atoms with E-state index in [2.05, 4.69) is 5.32 Å². The van der Waals surface area contributed by atoms with E-state index in [1.807, 2.05) is 31.2 Å². The summed E-state index contributed by atoms with van der Waals surface area (Å²) in [6.07, 6.45) is 1.41. The summed E-state index contributed by atoms with van der Waals surface area (Å²) in [4.78, 5) is 24.6. The third-order valence-electron chi connectivity index (χ3n) is 4.43. The summed E-state index contributed by atoms with van der Waals surface area (Å²) in [6.45, 7) is 1.61. The molecule has 0 unspecified atom stereocenters. The molecule has 7 heteroatoms. The zero-order valence-electron chi connectivity index (χ0n) is 15.9. The Hall–Kier alpha value is -3.45. The van der Waals surface area contributed by atoms with Gasteiger partial charge in [-0.15, -0.1) is 0 Å². The van der Waals surface area contributed by atoms with Crippen LogP contribution in [-0.2, 0) is 24.6 Å². The van der Waals surface area contributed by atoms with Crippen molar-refractivity contribution in [2.75, 3.05) is 5.32 Å². The largest absolute Gasteiger partial charge is 0.483 e. The smallest absolute Gasteiger partial charge is 0.244 e. The number of hydrogen-bond acceptors (Lipinski definition) is 4. The number of carbonyl (C=O) groups is 1. The number of nitrogens with one attached hydrogen (secondary N) is 1. The molecule has 0 spiro atoms. The van der Waals surface area contributed by atoms with Crippen molar-refractivity contribution >= 4 is 11.6 Å². The second-order valence-corrected chi connectivity index (χ2v) is 6.55. The minimum absolute atomic E-state index is 0.0834. The van der Waals surface area contributed by atoms with Crippen LogP contribution in [0, 0.1) is 12.7 Å². The number of benzene rings is 2. The summed E-state index contributed by atoms with van der Waals surface area (Å²) < 4.78 is 20.1. The molecule has 0 fully saturated rings. The number of aromatic nitrogens is 1. The lowest BCUT2D eigenvalue weighted by Gasteiger charge is -2.15. The van der Waals surface area contributed by atoms with Crippen LogP contribution in [0.5, 0.6) is 5.75 Å². The SMILES string of the molecule is Cc1ccccc1COc1cn(CC(=O)Nc2ccc(F)cc2)c(CO)cc1=O. The first kappa shape index (κ1) is 20.3. The van der Waals surface area contributed by atoms with E-state index >= 15 is 0 Å². The number of hydrogen-bond donors (Lipinski definition) is 2. The fourth-order valence-corrected chi connectivity index (χ4v) is 2.80. The number of rotatable bonds is 7. The quantitative estimate of drug-likeness (QED) is 0.643. The maximum absolute atomic E-state index is 13.0. The average molecular weight is 396 g/mol. The first-order chi connectivity index (χ1) is 14.0. The number of halogens is 1. The Morgan fingerprint density at radius 2 is 1.90 bits per heavy atom. The van der Waals surface area contributed by atoms with Crippen molar-refractivity contribution in [1.82, 2.24) is 4.57 Å². The lowest BCUT2D eigenvalue weighted by Crippen LogP contribution is -2.23. The fourth-order valence-electron chi connectivity index (χ4n) is 2.80. The molecule has 0 aliphatic rings. The Bertz CT molecular complexity index is 1060. The first-order valence-electron chi connectivity index (χ1n) is 9.03. The van der Waals surface area contributed by atoms with Gasteiger partial charge in [0.2, 0.25) is 11.3 Å². The number of ether oxygens (including phenoxy) is 1. The molecular formula is C22H21FN2O4. The van der Waals surface area contributed by atoms with E-state index in [0.29, 0.717) is 5.69 Å². The van der Waals surface area contributed by atoms with Crippen molar-refractivity contribution in [3.63, 3.8) is 0 Å². The van der Waals surface area contributed by atoms with Crippen LogP contribution >= 0.6 is 0 Å². The highest BCUT2D eigenvalue weighted by atomic mass is 19.1. The molecule has 0 radical (unpaired) electrons. The highest BCUT2D eigenvalue weighted by molar-refractivity contribution is 5.90. The number of pyridine rings is 1. The molecule has 0 saturated carbocycles. The van der Waals surface area contributed by atoms with Crippen molar-refractivity contribution in [3.8, 4) is 5.75 Å². The van der Waals surface area contributed by atoms with E-state index < -0.39 is 12.4 Å². The van der Waals surface area contributed by atoms with Gasteiger partial charge in [-0.05, 0) is 42.3 Å². The van der Waals surface area contributed by atoms with Crippen LogP contribution in [0.4, 0.5) is 10.1 Å². The lowest BCUT2D eigenvalue weighted by molar-refractivity contribution is -0.116. The number of carbonyl (C=O) groups excluding carboxylic acids is 1. The van der Waals surface area contributed by atoms with Crippen molar-refractivity contribution in [1.29, 1.82) is 0 Å². The lowest BCUT2D eigenvalue weighted by atomic mass is 10.1. The summed E-state index contributed by atoms with van der Waals surface area (Å²) in [7, 11) is 0. The van der Waals surface area contributed by atoms with Gasteiger partial charge in [0, 0.05) is 17.4 Å². The maximum Gasteiger partial charge on any atom is 0.244 e. The molecule has 1 amide bonds. The first-order valence-corrected chi connectivity index (χ1v) is 9.03. The summed E-state index contributed by atoms with van der Waals surface area (Å²) in [5.74, 6) is -0.707. The minimum Gasteiger partial charge on any atom is -0.483 e. The van der Waals surface area contributed by atoms with Crippen LogP contribution in [0.2, 0.25) is 0 Å². The van der Waals surface area contributed by atoms with Crippen molar-refractivity contribution < 1.29 is 19.0 Å². The molecule has 0 aliphatic heterocycles. The normalized spacial score (nSPS) is 10.6. The molecule has 6 nitrogen and oxygen atoms in total. The number of aryl methyl sites for hydroxylation is 1. The molecule has 0 aliphatic carbocycles. The van der Waals surface area contributed by atoms with Crippen molar-refractivity contribution in [2.24, 2.45) is 0 Å². The number of aliphatic hydroxyl groups is 1. The molecule has 2 N–H and O–H groups in total. The molecule has 0 bridgehead atoms. The zero-order valence-corrected chi connectivity index (χ0v) is 15.9. The predicted octanol–water partition coefficient (Wildman–Crippen LogP) is 3.01. The van der Waals surface area contributed by atoms with E-state index in [4.69, 9.17) is 4.74 Å². The van der Waals surface area contributed by atoms with Gasteiger partial charge in [0.05, 0.1) is 12.8 Å². The Labute approximate surface area is 167 Å². The van der Waals surface area contributed by atoms with Crippen molar-refractivity contribution in [3.05, 3.63) is 93.7 Å². The van der Waals surface area contributed by atoms with E-state index in [1.165, 1.54) is 41.1 Å². The number of nitrogens with zero attached hydrogens (tertiary/aromatic N) is 1. The van der Waals surface area contributed by atoms with Gasteiger partial charge in [0.15, 0.2) is 5.75 Å². The Kier molecular flexibility index (Phi) is 6.41. The van der Waals surface area contributed by atoms with Gasteiger partial charge in [-0.2, -0.15) is 0 Å². The monoisotopic (exact) mass is 396 g/mol. The van der Waals surface area contributed by atoms with Crippen LogP contribution in [-0.4, -0.2) is 15.6 Å². The third-order valence-corrected chi connectivity index (χ3v) is 4.43. The van der Waals surface area contributed by atoms with E-state index in [-0.39, 0.29) is 35.9 Å². The van der Waals surface area contributed by atoms with Crippen LogP contribution in [0.3, 0.4) is 0 Å². The highest BCUT2D eigenvalue weighted by Gasteiger charge is 2.12. The van der Waals surface area contributed by atoms with Gasteiger partial charge < -0.3 is 19.7 Å². The number of amides is 1. The number of anilines is 1. The molecule has 3 rings (SSSR count). The van der Waals surface area contributed by atoms with Gasteiger partial charge in [-0.1, -0.05) is 24.3 Å². The minimum atomic E-state index is -0.406. The predicted molar refractivity (Wildman–Crippen MR) is 107 cm³/mol. The van der Waals surface area contributed by atoms with Gasteiger partial charge in [0.25, 0.3) is 0 Å². The van der Waals surface area contributed by atoms with Gasteiger partial charge in [-0.3, -0.25) is 9.59 Å². The number of aliphatic hydroxyl groups excluding tert-OH is 1. The molecule has 3 aromatic rings. The van der Waals surface area contributed by atoms with E-state index in [0.717, 1.165) is 11.1 Å². The van der Waals surface area contributed by atoms with Crippen LogP contribution < -0.4 is 15.5 Å². The standard InChI is InChI=1S/C22H21FN2O4/c1-15-4-2-3-5-16(15)14-29-21-11-25(19(13-26)10-20(21)27)12-22(28)24-18-8-6-17(23)7-9-18/h2-11,26H,12-14H2,1H3,(H,24,28). The van der Waals surface area contributed by atoms with Crippen LogP contribution in [0.25, 0.3) is 0 Å². The van der Waals surface area contributed by atoms with Gasteiger partial charge in [-0.25, -0.2) is 4.39 Å². The summed E-state index contributed by atoms with van der Waals surface area (Å²) in [6, 6.07) is 14.3. The zero-order chi connectivity index (χ0) is 20.8. The Morgan fingerprint density at radius 3 is 2.59 bits per heavy atom. The second-order valence-electron chi connectivity index (χ2n) is 6.55. The Balaban J connectivity index is 1.76. The fraction of sp³-hybridized carbons (Fsp3) is 0.182. The van der Waals surface area contributed by atoms with Gasteiger partial charge in [0.1, 0.15) is 19.0 Å².